The van der Waals surface area contributed by atoms with Gasteiger partial charge in [-0.05, 0) is 17.7 Å². The zero-order chi connectivity index (χ0) is 20.3. The summed E-state index contributed by atoms with van der Waals surface area (Å²) in [4.78, 5) is 17.6. The number of hydrogen-bond acceptors (Lipinski definition) is 6. The predicted molar refractivity (Wildman–Crippen MR) is 118 cm³/mol. The number of anilines is 1. The molecule has 0 atom stereocenters. The van der Waals surface area contributed by atoms with Gasteiger partial charge in [-0.3, -0.25) is 15.1 Å². The van der Waals surface area contributed by atoms with Crippen LogP contribution >= 0.6 is 0 Å². The van der Waals surface area contributed by atoms with Crippen molar-refractivity contribution in [2.45, 2.75) is 0 Å². The Kier molecular flexibility index (Phi) is 4.46. The molecule has 0 fully saturated rings. The number of aromatic amines is 1. The van der Waals surface area contributed by atoms with E-state index in [-0.39, 0.29) is 0 Å². The molecule has 0 aliphatic heterocycles. The lowest BCUT2D eigenvalue weighted by Crippen LogP contribution is -2.01. The van der Waals surface area contributed by atoms with Crippen LogP contribution in [0.1, 0.15) is 11.3 Å². The van der Waals surface area contributed by atoms with E-state index in [4.69, 9.17) is 5.73 Å². The molecule has 5 rings (SSSR count). The van der Waals surface area contributed by atoms with E-state index in [1.807, 2.05) is 60.7 Å². The standard InChI is InChI=1S/C23H17N7/c24-23-22(27-13-14-28-23)21-20(25-11-12-26-21)16-6-2-1-5-15(16)9-10-19-17-7-3-4-8-18(17)29-30-19/h1-14H,(H2,24,28)(H,29,30)/b10-9+. The summed E-state index contributed by atoms with van der Waals surface area (Å²) in [6.45, 7) is 0. The van der Waals surface area contributed by atoms with Gasteiger partial charge in [-0.1, -0.05) is 48.5 Å². The Hall–Kier alpha value is -4.39. The number of H-pyrrole nitrogens is 1. The first-order valence-electron chi connectivity index (χ1n) is 9.40. The van der Waals surface area contributed by atoms with Crippen molar-refractivity contribution < 1.29 is 0 Å². The van der Waals surface area contributed by atoms with Gasteiger partial charge in [0.1, 0.15) is 11.4 Å². The zero-order valence-electron chi connectivity index (χ0n) is 15.9. The molecule has 0 aliphatic rings. The summed E-state index contributed by atoms with van der Waals surface area (Å²) in [7, 11) is 0. The van der Waals surface area contributed by atoms with E-state index in [2.05, 4.69) is 30.1 Å². The van der Waals surface area contributed by atoms with Crippen LogP contribution in [-0.4, -0.2) is 30.1 Å². The highest BCUT2D eigenvalue weighted by Crippen LogP contribution is 2.32. The van der Waals surface area contributed by atoms with Crippen molar-refractivity contribution in [3.8, 4) is 22.6 Å². The number of nitrogens with two attached hydrogens (primary N) is 1. The normalized spacial score (nSPS) is 11.3. The van der Waals surface area contributed by atoms with Crippen LogP contribution in [-0.2, 0) is 0 Å². The number of rotatable bonds is 4. The van der Waals surface area contributed by atoms with E-state index in [1.165, 1.54) is 0 Å². The smallest absolute Gasteiger partial charge is 0.151 e. The van der Waals surface area contributed by atoms with Gasteiger partial charge >= 0.3 is 0 Å². The highest BCUT2D eigenvalue weighted by atomic mass is 15.1. The van der Waals surface area contributed by atoms with Gasteiger partial charge in [0.2, 0.25) is 0 Å². The Balaban J connectivity index is 1.61. The van der Waals surface area contributed by atoms with Crippen molar-refractivity contribution in [3.05, 3.63) is 84.6 Å². The second-order valence-electron chi connectivity index (χ2n) is 6.62. The summed E-state index contributed by atoms with van der Waals surface area (Å²) in [5, 5.41) is 8.54. The Morgan fingerprint density at radius 2 is 1.40 bits per heavy atom. The van der Waals surface area contributed by atoms with Crippen molar-refractivity contribution in [1.29, 1.82) is 0 Å². The van der Waals surface area contributed by atoms with Gasteiger partial charge in [-0.25, -0.2) is 9.97 Å². The highest BCUT2D eigenvalue weighted by molar-refractivity contribution is 5.91. The Bertz CT molecular complexity index is 1370. The molecule has 30 heavy (non-hydrogen) atoms. The molecule has 0 bridgehead atoms. The van der Waals surface area contributed by atoms with Crippen molar-refractivity contribution in [2.24, 2.45) is 0 Å². The Labute approximate surface area is 172 Å². The SMILES string of the molecule is Nc1nccnc1-c1nccnc1-c1ccccc1/C=C/c1n[nH]c2ccccc12. The minimum atomic E-state index is 0.315. The Morgan fingerprint density at radius 3 is 2.27 bits per heavy atom. The summed E-state index contributed by atoms with van der Waals surface area (Å²) in [6, 6.07) is 16.0. The minimum absolute atomic E-state index is 0.315. The van der Waals surface area contributed by atoms with Crippen LogP contribution in [0.25, 0.3) is 45.7 Å². The molecule has 144 valence electrons. The molecular weight excluding hydrogens is 374 g/mol. The third kappa shape index (κ3) is 3.18. The average Bonchev–Trinajstić information content (AvgIpc) is 3.21. The topological polar surface area (TPSA) is 106 Å². The number of fused-ring (bicyclic) bond motifs is 1. The maximum absolute atomic E-state index is 6.05. The van der Waals surface area contributed by atoms with Crippen LogP contribution in [0.15, 0.2) is 73.3 Å². The lowest BCUT2D eigenvalue weighted by atomic mass is 10.0. The van der Waals surface area contributed by atoms with Gasteiger partial charge in [0.05, 0.1) is 16.9 Å². The molecule has 0 spiro atoms. The van der Waals surface area contributed by atoms with Crippen LogP contribution in [0.5, 0.6) is 0 Å². The van der Waals surface area contributed by atoms with Crippen LogP contribution < -0.4 is 5.73 Å². The van der Waals surface area contributed by atoms with Gasteiger partial charge in [0, 0.05) is 35.7 Å². The molecular formula is C23H17N7. The number of hydrogen-bond donors (Lipinski definition) is 2. The molecule has 3 aromatic heterocycles. The largest absolute Gasteiger partial charge is 0.382 e. The van der Waals surface area contributed by atoms with Crippen molar-refractivity contribution >= 4 is 28.9 Å². The molecule has 0 aliphatic carbocycles. The first kappa shape index (κ1) is 17.7. The maximum atomic E-state index is 6.05. The zero-order valence-corrected chi connectivity index (χ0v) is 15.9. The summed E-state index contributed by atoms with van der Waals surface area (Å²) in [6.07, 6.45) is 10.5. The van der Waals surface area contributed by atoms with Crippen LogP contribution in [0.4, 0.5) is 5.82 Å². The molecule has 3 N–H and O–H groups in total. The molecule has 7 heteroatoms. The van der Waals surface area contributed by atoms with E-state index < -0.39 is 0 Å². The second kappa shape index (κ2) is 7.56. The molecule has 0 amide bonds. The van der Waals surface area contributed by atoms with E-state index in [1.54, 1.807) is 24.8 Å². The van der Waals surface area contributed by atoms with Gasteiger partial charge in [0.15, 0.2) is 5.82 Å². The fraction of sp³-hybridized carbons (Fsp3) is 0. The average molecular weight is 391 g/mol. The lowest BCUT2D eigenvalue weighted by Gasteiger charge is -2.10. The molecule has 3 heterocycles. The first-order chi connectivity index (χ1) is 14.8. The second-order valence-corrected chi connectivity index (χ2v) is 6.62. The quantitative estimate of drug-likeness (QED) is 0.475. The summed E-state index contributed by atoms with van der Waals surface area (Å²) >= 11 is 0. The molecule has 0 unspecified atom stereocenters. The van der Waals surface area contributed by atoms with Gasteiger partial charge in [-0.15, -0.1) is 0 Å². The third-order valence-electron chi connectivity index (χ3n) is 4.79. The van der Waals surface area contributed by atoms with Crippen molar-refractivity contribution in [3.63, 3.8) is 0 Å². The summed E-state index contributed by atoms with van der Waals surface area (Å²) in [5.41, 5.74) is 11.6. The van der Waals surface area contributed by atoms with Crippen LogP contribution in [0, 0.1) is 0 Å². The van der Waals surface area contributed by atoms with Gasteiger partial charge < -0.3 is 5.73 Å². The predicted octanol–water partition coefficient (Wildman–Crippen LogP) is 4.23. The number of benzene rings is 2. The maximum Gasteiger partial charge on any atom is 0.151 e. The van der Waals surface area contributed by atoms with Crippen molar-refractivity contribution in [1.82, 2.24) is 30.1 Å². The number of para-hydroxylation sites is 1. The van der Waals surface area contributed by atoms with E-state index in [0.717, 1.165) is 27.7 Å². The molecule has 5 aromatic rings. The Morgan fingerprint density at radius 1 is 0.700 bits per heavy atom. The molecule has 7 nitrogen and oxygen atoms in total. The van der Waals surface area contributed by atoms with Gasteiger partial charge in [0.25, 0.3) is 0 Å². The number of nitrogens with one attached hydrogen (secondary N) is 1. The molecule has 0 saturated heterocycles. The number of aromatic nitrogens is 6. The number of nitrogens with zero attached hydrogens (tertiary/aromatic N) is 5. The monoisotopic (exact) mass is 391 g/mol. The minimum Gasteiger partial charge on any atom is -0.382 e. The first-order valence-corrected chi connectivity index (χ1v) is 9.40. The summed E-state index contributed by atoms with van der Waals surface area (Å²) in [5.74, 6) is 0.315. The molecule has 2 aromatic carbocycles. The highest BCUT2D eigenvalue weighted by Gasteiger charge is 2.16. The molecule has 0 radical (unpaired) electrons. The van der Waals surface area contributed by atoms with Crippen molar-refractivity contribution in [2.75, 3.05) is 5.73 Å². The lowest BCUT2D eigenvalue weighted by molar-refractivity contribution is 1.11. The van der Waals surface area contributed by atoms with E-state index in [9.17, 15) is 0 Å². The third-order valence-corrected chi connectivity index (χ3v) is 4.79. The van der Waals surface area contributed by atoms with Crippen LogP contribution in [0.3, 0.4) is 0 Å². The fourth-order valence-corrected chi connectivity index (χ4v) is 3.38. The summed E-state index contributed by atoms with van der Waals surface area (Å²) < 4.78 is 0. The number of nitrogen functional groups attached to an aromatic ring is 1. The molecule has 0 saturated carbocycles. The van der Waals surface area contributed by atoms with Gasteiger partial charge in [-0.2, -0.15) is 5.10 Å². The van der Waals surface area contributed by atoms with E-state index >= 15 is 0 Å². The van der Waals surface area contributed by atoms with Crippen LogP contribution in [0.2, 0.25) is 0 Å². The van der Waals surface area contributed by atoms with E-state index in [0.29, 0.717) is 22.9 Å². The fourth-order valence-electron chi connectivity index (χ4n) is 3.38.